The summed E-state index contributed by atoms with van der Waals surface area (Å²) in [5.41, 5.74) is 3.14. The van der Waals surface area contributed by atoms with Gasteiger partial charge in [-0.3, -0.25) is 0 Å². The van der Waals surface area contributed by atoms with Crippen molar-refractivity contribution in [3.05, 3.63) is 68.7 Å². The van der Waals surface area contributed by atoms with E-state index in [1.807, 2.05) is 18.2 Å². The molecule has 168 valence electrons. The number of nitriles is 1. The van der Waals surface area contributed by atoms with Gasteiger partial charge < -0.3 is 15.7 Å². The first kappa shape index (κ1) is 31.5. The van der Waals surface area contributed by atoms with Crippen molar-refractivity contribution in [1.29, 1.82) is 5.26 Å². The van der Waals surface area contributed by atoms with Crippen LogP contribution in [-0.2, 0) is 12.8 Å². The molecule has 2 aliphatic rings. The molecular formula is C24H28Cl2KNO4. The smallest absolute Gasteiger partial charge is 0.870 e. The fourth-order valence-electron chi connectivity index (χ4n) is 3.02. The van der Waals surface area contributed by atoms with Crippen molar-refractivity contribution in [3.63, 3.8) is 0 Å². The summed E-state index contributed by atoms with van der Waals surface area (Å²) in [7, 11) is 0. The largest absolute Gasteiger partial charge is 1.00 e. The molecule has 0 atom stereocenters. The van der Waals surface area contributed by atoms with Gasteiger partial charge in [0, 0.05) is 16.7 Å². The molecule has 8 heteroatoms. The van der Waals surface area contributed by atoms with Crippen LogP contribution in [0.4, 0.5) is 0 Å². The summed E-state index contributed by atoms with van der Waals surface area (Å²) in [6.07, 6.45) is 6.99. The summed E-state index contributed by atoms with van der Waals surface area (Å²) < 4.78 is 0. The Morgan fingerprint density at radius 3 is 1.88 bits per heavy atom. The second-order valence-electron chi connectivity index (χ2n) is 7.63. The van der Waals surface area contributed by atoms with Gasteiger partial charge in [0.05, 0.1) is 17.2 Å². The molecule has 5 nitrogen and oxygen atoms in total. The van der Waals surface area contributed by atoms with Crippen molar-refractivity contribution in [2.45, 2.75) is 45.4 Å². The third kappa shape index (κ3) is 11.6. The average molecular weight is 504 g/mol. The van der Waals surface area contributed by atoms with Crippen LogP contribution >= 0.6 is 23.2 Å². The van der Waals surface area contributed by atoms with Crippen LogP contribution in [0, 0.1) is 23.2 Å². The zero-order valence-electron chi connectivity index (χ0n) is 18.5. The van der Waals surface area contributed by atoms with E-state index in [1.54, 1.807) is 19.1 Å². The van der Waals surface area contributed by atoms with Gasteiger partial charge >= 0.3 is 57.4 Å². The van der Waals surface area contributed by atoms with Gasteiger partial charge in [-0.2, -0.15) is 5.26 Å². The van der Waals surface area contributed by atoms with Gasteiger partial charge in [-0.15, -0.1) is 0 Å². The normalized spacial score (nSPS) is 13.6. The molecule has 2 aromatic rings. The molecule has 0 bridgehead atoms. The Labute approximate surface area is 242 Å². The van der Waals surface area contributed by atoms with E-state index >= 15 is 0 Å². The molecule has 0 amide bonds. The maximum Gasteiger partial charge on any atom is 1.00 e. The first-order chi connectivity index (χ1) is 14.4. The third-order valence-corrected chi connectivity index (χ3v) is 5.38. The standard InChI is InChI=1S/C11H10ClN.C11H11ClO2.C2H6O.K.H2O/c12-11-4-3-9(5-8-1-2-8)10(6-11)7-13;12-9-4-3-8(5-7-1-2-7)10(6-9)11(13)14;1-2-3;;/h3-4,6,8H,1-2,5H2;3-4,6-7H,1-2,5H2,(H,13,14);3H,2H2,1H3;;1H2/q;;;+1;/p-1. The number of carboxylic acids is 1. The number of nitrogens with zero attached hydrogens (tertiary/aromatic N) is 1. The van der Waals surface area contributed by atoms with Gasteiger partial charge in [0.2, 0.25) is 0 Å². The maximum atomic E-state index is 10.9. The number of rotatable bonds is 5. The SMILES string of the molecule is CCO.N#Cc1cc(Cl)ccc1CC1CC1.O=C(O)c1cc(Cl)ccc1CC1CC1.[K+].[OH-]. The van der Waals surface area contributed by atoms with E-state index in [-0.39, 0.29) is 63.5 Å². The van der Waals surface area contributed by atoms with E-state index in [0.717, 1.165) is 35.4 Å². The molecule has 2 aromatic carbocycles. The number of carbonyl (C=O) groups is 1. The van der Waals surface area contributed by atoms with Crippen molar-refractivity contribution < 1.29 is 71.9 Å². The fourth-order valence-corrected chi connectivity index (χ4v) is 3.37. The van der Waals surface area contributed by atoms with Gasteiger partial charge in [0.25, 0.3) is 0 Å². The van der Waals surface area contributed by atoms with Gasteiger partial charge in [0.1, 0.15) is 0 Å². The quantitative estimate of drug-likeness (QED) is 0.609. The van der Waals surface area contributed by atoms with Crippen LogP contribution in [-0.4, -0.2) is 28.3 Å². The van der Waals surface area contributed by atoms with Crippen molar-refractivity contribution in [1.82, 2.24) is 0 Å². The summed E-state index contributed by atoms with van der Waals surface area (Å²) >= 11 is 11.5. The van der Waals surface area contributed by atoms with Crippen molar-refractivity contribution in [3.8, 4) is 6.07 Å². The number of hydrogen-bond acceptors (Lipinski definition) is 4. The first-order valence-electron chi connectivity index (χ1n) is 10.2. The Morgan fingerprint density at radius 2 is 1.44 bits per heavy atom. The molecular weight excluding hydrogens is 476 g/mol. The van der Waals surface area contributed by atoms with Crippen molar-refractivity contribution >= 4 is 29.2 Å². The molecule has 0 saturated heterocycles. The van der Waals surface area contributed by atoms with Crippen LogP contribution in [0.2, 0.25) is 10.0 Å². The molecule has 0 unspecified atom stereocenters. The molecule has 4 rings (SSSR count). The van der Waals surface area contributed by atoms with Crippen LogP contribution in [0.1, 0.15) is 59.7 Å². The zero-order chi connectivity index (χ0) is 22.1. The molecule has 2 aliphatic carbocycles. The number of hydrogen-bond donors (Lipinski definition) is 2. The number of halogens is 2. The van der Waals surface area contributed by atoms with Gasteiger partial charge in [-0.1, -0.05) is 35.3 Å². The first-order valence-corrected chi connectivity index (χ1v) is 10.9. The van der Waals surface area contributed by atoms with E-state index < -0.39 is 5.97 Å². The molecule has 2 saturated carbocycles. The minimum atomic E-state index is -0.886. The minimum Gasteiger partial charge on any atom is -0.870 e. The zero-order valence-corrected chi connectivity index (χ0v) is 23.2. The van der Waals surface area contributed by atoms with Crippen LogP contribution in [0.3, 0.4) is 0 Å². The third-order valence-electron chi connectivity index (χ3n) is 4.91. The topological polar surface area (TPSA) is 111 Å². The number of benzene rings is 2. The second kappa shape index (κ2) is 16.2. The Kier molecular flexibility index (Phi) is 16.0. The van der Waals surface area contributed by atoms with E-state index in [9.17, 15) is 4.79 Å². The van der Waals surface area contributed by atoms with Crippen LogP contribution in [0.5, 0.6) is 0 Å². The Bertz CT molecular complexity index is 909. The summed E-state index contributed by atoms with van der Waals surface area (Å²) in [6.45, 7) is 1.93. The molecule has 3 N–H and O–H groups in total. The number of aliphatic hydroxyl groups excluding tert-OH is 1. The van der Waals surface area contributed by atoms with Gasteiger partial charge in [0.15, 0.2) is 0 Å². The van der Waals surface area contributed by atoms with Gasteiger partial charge in [-0.25, -0.2) is 4.79 Å². The average Bonchev–Trinajstić information content (AvgIpc) is 3.62. The number of aromatic carboxylic acids is 1. The van der Waals surface area contributed by atoms with E-state index in [4.69, 9.17) is 38.7 Å². The summed E-state index contributed by atoms with van der Waals surface area (Å²) in [5.74, 6) is 0.616. The van der Waals surface area contributed by atoms with Crippen LogP contribution < -0.4 is 51.4 Å². The Balaban J connectivity index is 0.000000508. The molecule has 0 spiro atoms. The molecule has 32 heavy (non-hydrogen) atoms. The molecule has 0 aromatic heterocycles. The Hall–Kier alpha value is -0.464. The monoisotopic (exact) mass is 503 g/mol. The van der Waals surface area contributed by atoms with Crippen molar-refractivity contribution in [2.24, 2.45) is 11.8 Å². The summed E-state index contributed by atoms with van der Waals surface area (Å²) in [6, 6.07) is 12.9. The summed E-state index contributed by atoms with van der Waals surface area (Å²) in [4.78, 5) is 10.9. The predicted molar refractivity (Wildman–Crippen MR) is 122 cm³/mol. The Morgan fingerprint density at radius 1 is 1.00 bits per heavy atom. The molecule has 0 heterocycles. The minimum absolute atomic E-state index is 0. The molecule has 2 fully saturated rings. The fraction of sp³-hybridized carbons (Fsp3) is 0.417. The van der Waals surface area contributed by atoms with Crippen molar-refractivity contribution in [2.75, 3.05) is 6.61 Å². The molecule has 0 aliphatic heterocycles. The van der Waals surface area contributed by atoms with Gasteiger partial charge in [-0.05, 0) is 92.7 Å². The second-order valence-corrected chi connectivity index (χ2v) is 8.50. The molecule has 0 radical (unpaired) electrons. The number of carboxylic acid groups (broad SMARTS) is 1. The van der Waals surface area contributed by atoms with Crippen LogP contribution in [0.25, 0.3) is 0 Å². The van der Waals surface area contributed by atoms with E-state index in [0.29, 0.717) is 21.5 Å². The summed E-state index contributed by atoms with van der Waals surface area (Å²) in [5, 5.41) is 26.5. The number of aliphatic hydroxyl groups is 1. The maximum absolute atomic E-state index is 10.9. The van der Waals surface area contributed by atoms with E-state index in [2.05, 4.69) is 6.07 Å². The van der Waals surface area contributed by atoms with Crippen LogP contribution in [0.15, 0.2) is 36.4 Å². The predicted octanol–water partition coefficient (Wildman–Crippen LogP) is 2.98. The van der Waals surface area contributed by atoms with E-state index in [1.165, 1.54) is 31.7 Å².